The molecule has 2 rings (SSSR count). The smallest absolute Gasteiger partial charge is 0.197 e. The van der Waals surface area contributed by atoms with E-state index in [9.17, 15) is 0 Å². The summed E-state index contributed by atoms with van der Waals surface area (Å²) in [7, 11) is 0. The number of benzene rings is 2. The standard InChI is InChI=1S/C31H46N2S4/c1-3-5-7-9-11-19-25-32(30(34)35,28-21-15-13-16-22-28)27-33(31(36)37,29-23-17-14-18-24-29)26-20-12-10-8-6-4-2/h13-18,21-24H,3-12,19-20,25-27H2,1-2H3/p+2. The van der Waals surface area contributed by atoms with Gasteiger partial charge >= 0.3 is 0 Å². The van der Waals surface area contributed by atoms with Crippen LogP contribution in [-0.4, -0.2) is 28.4 Å². The molecule has 2 aromatic rings. The highest BCUT2D eigenvalue weighted by Crippen LogP contribution is 2.35. The Morgan fingerprint density at radius 2 is 0.865 bits per heavy atom. The van der Waals surface area contributed by atoms with Crippen LogP contribution in [0.15, 0.2) is 60.7 Å². The Kier molecular flexibility index (Phi) is 15.6. The zero-order valence-electron chi connectivity index (χ0n) is 23.0. The van der Waals surface area contributed by atoms with E-state index in [4.69, 9.17) is 49.7 Å². The quantitative estimate of drug-likeness (QED) is 0.0596. The van der Waals surface area contributed by atoms with Crippen LogP contribution >= 0.6 is 49.7 Å². The number of hydrogen-bond donors (Lipinski definition) is 2. The maximum Gasteiger partial charge on any atom is 0.240 e. The van der Waals surface area contributed by atoms with Gasteiger partial charge in [0.1, 0.15) is 11.4 Å². The summed E-state index contributed by atoms with van der Waals surface area (Å²) in [5, 5.41) is 0. The summed E-state index contributed by atoms with van der Waals surface area (Å²) in [5.74, 6) is 0. The van der Waals surface area contributed by atoms with Gasteiger partial charge in [-0.1, -0.05) is 127 Å². The summed E-state index contributed by atoms with van der Waals surface area (Å²) in [4.78, 5) is 0. The monoisotopic (exact) mass is 576 g/mol. The molecule has 6 heteroatoms. The fraction of sp³-hybridized carbons (Fsp3) is 0.548. The molecule has 0 aliphatic carbocycles. The molecule has 2 nitrogen and oxygen atoms in total. The Morgan fingerprint density at radius 1 is 0.541 bits per heavy atom. The molecule has 0 amide bonds. The van der Waals surface area contributed by atoms with Crippen LogP contribution < -0.4 is 8.97 Å². The summed E-state index contributed by atoms with van der Waals surface area (Å²) in [6.07, 6.45) is 14.9. The van der Waals surface area contributed by atoms with Gasteiger partial charge in [0.05, 0.1) is 13.1 Å². The first kappa shape index (κ1) is 32.5. The van der Waals surface area contributed by atoms with Gasteiger partial charge in [-0.2, -0.15) is 8.97 Å². The van der Waals surface area contributed by atoms with Crippen molar-refractivity contribution in [3.63, 3.8) is 0 Å². The number of thiocarbonyl (C=S) groups is 2. The first-order valence-corrected chi connectivity index (χ1v) is 16.0. The number of hydrogen-bond acceptors (Lipinski definition) is 2. The van der Waals surface area contributed by atoms with Gasteiger partial charge in [-0.25, -0.2) is 0 Å². The second-order valence-electron chi connectivity index (χ2n) is 10.3. The van der Waals surface area contributed by atoms with Gasteiger partial charge in [0.25, 0.3) is 0 Å². The van der Waals surface area contributed by atoms with Crippen molar-refractivity contribution < 1.29 is 0 Å². The first-order valence-electron chi connectivity index (χ1n) is 14.3. The van der Waals surface area contributed by atoms with E-state index >= 15 is 0 Å². The fourth-order valence-electron chi connectivity index (χ4n) is 5.26. The van der Waals surface area contributed by atoms with E-state index in [0.717, 1.165) is 25.9 Å². The molecule has 2 unspecified atom stereocenters. The molecule has 37 heavy (non-hydrogen) atoms. The van der Waals surface area contributed by atoms with Crippen LogP contribution in [0.4, 0.5) is 11.4 Å². The molecule has 2 atom stereocenters. The highest BCUT2D eigenvalue weighted by Gasteiger charge is 2.47. The number of rotatable bonds is 18. The van der Waals surface area contributed by atoms with Crippen molar-refractivity contribution in [3.8, 4) is 0 Å². The maximum atomic E-state index is 5.98. The summed E-state index contributed by atoms with van der Waals surface area (Å²) in [5.41, 5.74) is 2.36. The highest BCUT2D eigenvalue weighted by atomic mass is 32.1. The van der Waals surface area contributed by atoms with Crippen LogP contribution in [0.1, 0.15) is 90.9 Å². The Balaban J connectivity index is 2.45. The van der Waals surface area contributed by atoms with Crippen molar-refractivity contribution in [2.45, 2.75) is 90.9 Å². The minimum Gasteiger partial charge on any atom is -0.197 e. The topological polar surface area (TPSA) is 0 Å². The second kappa shape index (κ2) is 17.8. The number of quaternary nitrogens is 2. The third-order valence-electron chi connectivity index (χ3n) is 7.50. The Hall–Kier alpha value is -0.760. The van der Waals surface area contributed by atoms with E-state index in [-0.39, 0.29) is 0 Å². The number of unbranched alkanes of at least 4 members (excludes halogenated alkanes) is 10. The van der Waals surface area contributed by atoms with Gasteiger partial charge in [0.15, 0.2) is 0 Å². The highest BCUT2D eigenvalue weighted by molar-refractivity contribution is 8.11. The predicted octanol–water partition coefficient (Wildman–Crippen LogP) is 10.1. The largest absolute Gasteiger partial charge is 0.240 e. The van der Waals surface area contributed by atoms with E-state index in [1.54, 1.807) is 0 Å². The molecular weight excluding hydrogens is 529 g/mol. The molecule has 0 N–H and O–H groups in total. The Labute approximate surface area is 248 Å². The summed E-state index contributed by atoms with van der Waals surface area (Å²) < 4.78 is 2.45. The van der Waals surface area contributed by atoms with Crippen molar-refractivity contribution in [3.05, 3.63) is 60.7 Å². The molecule has 0 fully saturated rings. The first-order chi connectivity index (χ1) is 17.9. The van der Waals surface area contributed by atoms with Gasteiger partial charge < -0.3 is 0 Å². The lowest BCUT2D eigenvalue weighted by Gasteiger charge is -2.44. The van der Waals surface area contributed by atoms with E-state index in [1.165, 1.54) is 75.6 Å². The van der Waals surface area contributed by atoms with Gasteiger partial charge in [0, 0.05) is 0 Å². The van der Waals surface area contributed by atoms with E-state index in [2.05, 4.69) is 74.5 Å². The molecule has 0 aliphatic rings. The zero-order chi connectivity index (χ0) is 27.0. The average Bonchev–Trinajstić information content (AvgIpc) is 2.91. The lowest BCUT2D eigenvalue weighted by atomic mass is 10.1. The third kappa shape index (κ3) is 9.74. The molecule has 204 valence electrons. The molecule has 0 aromatic heterocycles. The summed E-state index contributed by atoms with van der Waals surface area (Å²) in [6, 6.07) is 21.4. The van der Waals surface area contributed by atoms with E-state index < -0.39 is 0 Å². The molecule has 0 saturated carbocycles. The Morgan fingerprint density at radius 3 is 1.19 bits per heavy atom. The summed E-state index contributed by atoms with van der Waals surface area (Å²) >= 11 is 21.8. The van der Waals surface area contributed by atoms with Crippen molar-refractivity contribution in [1.29, 1.82) is 0 Å². The van der Waals surface area contributed by atoms with Crippen molar-refractivity contribution >= 4 is 69.7 Å². The van der Waals surface area contributed by atoms with Gasteiger partial charge in [-0.05, 0) is 74.4 Å². The average molecular weight is 577 g/mol. The lowest BCUT2D eigenvalue weighted by molar-refractivity contribution is 0.272. The molecule has 0 spiro atoms. The molecule has 0 aliphatic heterocycles. The SMILES string of the molecule is CCCCCCCC[N+](C[N+](CCCCCCCC)(C(=S)S)c1ccccc1)(C(=S)S)c1ccccc1. The van der Waals surface area contributed by atoms with E-state index in [1.807, 2.05) is 0 Å². The van der Waals surface area contributed by atoms with Gasteiger partial charge in [0.2, 0.25) is 15.3 Å². The van der Waals surface area contributed by atoms with Crippen LogP contribution in [0.25, 0.3) is 0 Å². The molecule has 0 bridgehead atoms. The second-order valence-corrected chi connectivity index (χ2v) is 12.5. The van der Waals surface area contributed by atoms with Gasteiger partial charge in [-0.15, -0.1) is 0 Å². The normalized spacial score (nSPS) is 14.6. The molecule has 2 aromatic carbocycles. The molecule has 0 saturated heterocycles. The predicted molar refractivity (Wildman–Crippen MR) is 181 cm³/mol. The molecular formula is C31H48N2S4+2. The number of thiol groups is 2. The minimum atomic E-state index is 0.526. The van der Waals surface area contributed by atoms with Crippen molar-refractivity contribution in [1.82, 2.24) is 8.97 Å². The minimum absolute atomic E-state index is 0.526. The van der Waals surface area contributed by atoms with Crippen molar-refractivity contribution in [2.24, 2.45) is 0 Å². The van der Waals surface area contributed by atoms with Crippen LogP contribution in [0.2, 0.25) is 0 Å². The lowest BCUT2D eigenvalue weighted by Crippen LogP contribution is -2.67. The van der Waals surface area contributed by atoms with Gasteiger partial charge in [-0.3, -0.25) is 0 Å². The van der Waals surface area contributed by atoms with Crippen LogP contribution in [0.5, 0.6) is 0 Å². The van der Waals surface area contributed by atoms with E-state index in [0.29, 0.717) is 24.3 Å². The van der Waals surface area contributed by atoms with Crippen molar-refractivity contribution in [2.75, 3.05) is 19.8 Å². The van der Waals surface area contributed by atoms with Crippen LogP contribution in [0, 0.1) is 0 Å². The Bertz CT molecular complexity index is 846. The third-order valence-corrected chi connectivity index (χ3v) is 8.97. The fourth-order valence-corrected chi connectivity index (χ4v) is 6.33. The van der Waals surface area contributed by atoms with Crippen LogP contribution in [-0.2, 0) is 0 Å². The number of nitrogens with zero attached hydrogens (tertiary/aromatic N) is 2. The van der Waals surface area contributed by atoms with Crippen LogP contribution in [0.3, 0.4) is 0 Å². The maximum absolute atomic E-state index is 5.98. The molecule has 0 heterocycles. The molecule has 0 radical (unpaired) electrons. The zero-order valence-corrected chi connectivity index (χ0v) is 26.4. The number of para-hydroxylation sites is 2. The summed E-state index contributed by atoms with van der Waals surface area (Å²) in [6.45, 7) is 7.06.